The number of aliphatic hydroxyl groups is 1. The Labute approximate surface area is 228 Å². The van der Waals surface area contributed by atoms with E-state index in [9.17, 15) is 14.7 Å². The summed E-state index contributed by atoms with van der Waals surface area (Å²) in [5, 5.41) is 19.8. The van der Waals surface area contributed by atoms with Crippen molar-refractivity contribution in [3.8, 4) is 0 Å². The molecule has 3 aromatic carbocycles. The molecule has 0 unspecified atom stereocenters. The van der Waals surface area contributed by atoms with Crippen LogP contribution in [0.5, 0.6) is 0 Å². The zero-order chi connectivity index (χ0) is 26.9. The van der Waals surface area contributed by atoms with Gasteiger partial charge in [0.1, 0.15) is 5.52 Å². The molecule has 192 valence electrons. The maximum atomic E-state index is 13.4. The van der Waals surface area contributed by atoms with E-state index in [-0.39, 0.29) is 22.7 Å². The van der Waals surface area contributed by atoms with Crippen LogP contribution in [0.15, 0.2) is 48.5 Å². The van der Waals surface area contributed by atoms with Crippen LogP contribution in [0.4, 0.5) is 17.3 Å². The summed E-state index contributed by atoms with van der Waals surface area (Å²) in [6.07, 6.45) is 0. The van der Waals surface area contributed by atoms with Gasteiger partial charge >= 0.3 is 0 Å². The van der Waals surface area contributed by atoms with Crippen molar-refractivity contribution in [1.82, 2.24) is 9.97 Å². The average molecular weight is 561 g/mol. The smallest absolute Gasteiger partial charge is 0.258 e. The normalized spacial score (nSPS) is 11.4. The van der Waals surface area contributed by atoms with Crippen molar-refractivity contribution in [2.24, 2.45) is 0 Å². The number of nitrogens with one attached hydrogen (secondary N) is 4. The van der Waals surface area contributed by atoms with Gasteiger partial charge in [0.25, 0.3) is 11.8 Å². The van der Waals surface area contributed by atoms with Crippen molar-refractivity contribution >= 4 is 75.0 Å². The summed E-state index contributed by atoms with van der Waals surface area (Å²) >= 11 is 18.4. The number of benzene rings is 3. The van der Waals surface area contributed by atoms with Crippen molar-refractivity contribution in [3.63, 3.8) is 0 Å². The van der Waals surface area contributed by atoms with Crippen molar-refractivity contribution in [2.45, 2.75) is 26.4 Å². The molecule has 4 aromatic rings. The summed E-state index contributed by atoms with van der Waals surface area (Å²) < 4.78 is 0. The number of hydrogen-bond donors (Lipinski definition) is 5. The van der Waals surface area contributed by atoms with Gasteiger partial charge < -0.3 is 26.0 Å². The van der Waals surface area contributed by atoms with Gasteiger partial charge in [-0.25, -0.2) is 4.98 Å². The van der Waals surface area contributed by atoms with Crippen LogP contribution in [0.3, 0.4) is 0 Å². The molecule has 0 aliphatic rings. The number of halogens is 3. The first kappa shape index (κ1) is 26.8. The summed E-state index contributed by atoms with van der Waals surface area (Å²) in [6, 6.07) is 13.0. The lowest BCUT2D eigenvalue weighted by Crippen LogP contribution is -2.29. The highest BCUT2D eigenvalue weighted by atomic mass is 35.5. The standard InChI is InChI=1S/C26H24Cl3N5O3/c1-13-18(28)5-4-6-20(13)32-24(36)17-10-15(31-23(35)16-9-14(27)7-8-19(16)29)11-21-22(17)34-25(33-21)30-12-26(2,3)37/h4-11,37H,12H2,1-3H3,(H,31,35)(H,32,36)(H2,30,33,34). The quantitative estimate of drug-likeness (QED) is 0.176. The zero-order valence-corrected chi connectivity index (χ0v) is 22.4. The molecule has 0 bridgehead atoms. The topological polar surface area (TPSA) is 119 Å². The van der Waals surface area contributed by atoms with Crippen molar-refractivity contribution in [1.29, 1.82) is 0 Å². The van der Waals surface area contributed by atoms with Crippen LogP contribution in [0.25, 0.3) is 11.0 Å². The third-order valence-electron chi connectivity index (χ3n) is 5.47. The number of amides is 2. The highest BCUT2D eigenvalue weighted by molar-refractivity contribution is 6.36. The minimum Gasteiger partial charge on any atom is -0.389 e. The number of H-pyrrole nitrogens is 1. The number of aromatic nitrogens is 2. The number of carbonyl (C=O) groups is 2. The fourth-order valence-electron chi connectivity index (χ4n) is 3.55. The van der Waals surface area contributed by atoms with Crippen LogP contribution in [-0.4, -0.2) is 39.0 Å². The summed E-state index contributed by atoms with van der Waals surface area (Å²) in [6.45, 7) is 5.33. The second-order valence-electron chi connectivity index (χ2n) is 9.12. The molecule has 1 aromatic heterocycles. The van der Waals surface area contributed by atoms with Crippen LogP contribution < -0.4 is 16.0 Å². The third-order valence-corrected chi connectivity index (χ3v) is 6.44. The van der Waals surface area contributed by atoms with Crippen LogP contribution in [0.2, 0.25) is 15.1 Å². The van der Waals surface area contributed by atoms with Gasteiger partial charge in [-0.1, -0.05) is 40.9 Å². The fourth-order valence-corrected chi connectivity index (χ4v) is 4.10. The highest BCUT2D eigenvalue weighted by Crippen LogP contribution is 2.29. The van der Waals surface area contributed by atoms with Gasteiger partial charge in [-0.15, -0.1) is 0 Å². The molecule has 0 atom stereocenters. The van der Waals surface area contributed by atoms with Crippen LogP contribution >= 0.6 is 34.8 Å². The maximum Gasteiger partial charge on any atom is 0.258 e. The summed E-state index contributed by atoms with van der Waals surface area (Å²) in [4.78, 5) is 34.0. The minimum absolute atomic E-state index is 0.187. The fraction of sp³-hybridized carbons (Fsp3) is 0.192. The molecular weight excluding hydrogens is 537 g/mol. The monoisotopic (exact) mass is 559 g/mol. The number of nitrogens with zero attached hydrogens (tertiary/aromatic N) is 1. The Balaban J connectivity index is 1.73. The van der Waals surface area contributed by atoms with Gasteiger partial charge in [0.2, 0.25) is 5.95 Å². The zero-order valence-electron chi connectivity index (χ0n) is 20.2. The predicted octanol–water partition coefficient (Wildman–Crippen LogP) is 6.52. The third kappa shape index (κ3) is 6.34. The number of fused-ring (bicyclic) bond motifs is 1. The Morgan fingerprint density at radius 2 is 1.70 bits per heavy atom. The molecular formula is C26H24Cl3N5O3. The van der Waals surface area contributed by atoms with E-state index < -0.39 is 17.4 Å². The van der Waals surface area contributed by atoms with Gasteiger partial charge in [-0.05, 0) is 68.8 Å². The summed E-state index contributed by atoms with van der Waals surface area (Å²) in [5.41, 5.74) is 1.85. The van der Waals surface area contributed by atoms with Gasteiger partial charge in [-0.3, -0.25) is 9.59 Å². The summed E-state index contributed by atoms with van der Waals surface area (Å²) in [7, 11) is 0. The molecule has 8 nitrogen and oxygen atoms in total. The predicted molar refractivity (Wildman–Crippen MR) is 149 cm³/mol. The van der Waals surface area contributed by atoms with E-state index in [1.54, 1.807) is 51.1 Å². The Hall–Kier alpha value is -3.30. The number of imidazole rings is 1. The number of hydrogen-bond acceptors (Lipinski definition) is 5. The van der Waals surface area contributed by atoms with Crippen LogP contribution in [0.1, 0.15) is 40.1 Å². The molecule has 4 rings (SSSR count). The molecule has 2 amide bonds. The van der Waals surface area contributed by atoms with E-state index in [0.717, 1.165) is 0 Å². The van der Waals surface area contributed by atoms with Crippen molar-refractivity contribution in [2.75, 3.05) is 22.5 Å². The molecule has 5 N–H and O–H groups in total. The van der Waals surface area contributed by atoms with E-state index in [2.05, 4.69) is 25.9 Å². The Morgan fingerprint density at radius 1 is 0.973 bits per heavy atom. The van der Waals surface area contributed by atoms with Gasteiger partial charge in [-0.2, -0.15) is 0 Å². The van der Waals surface area contributed by atoms with Gasteiger partial charge in [0, 0.05) is 28.0 Å². The Kier molecular flexibility index (Phi) is 7.66. The van der Waals surface area contributed by atoms with E-state index in [4.69, 9.17) is 34.8 Å². The first-order valence-electron chi connectivity index (χ1n) is 11.2. The lowest BCUT2D eigenvalue weighted by atomic mass is 10.1. The van der Waals surface area contributed by atoms with Gasteiger partial charge in [0.05, 0.1) is 27.3 Å². The second-order valence-corrected chi connectivity index (χ2v) is 10.4. The largest absolute Gasteiger partial charge is 0.389 e. The SMILES string of the molecule is Cc1c(Cl)cccc1NC(=O)c1cc(NC(=O)c2cc(Cl)ccc2Cl)cc2[nH]c(NCC(C)(C)O)nc12. The first-order valence-corrected chi connectivity index (χ1v) is 12.4. The molecule has 0 fully saturated rings. The lowest BCUT2D eigenvalue weighted by molar-refractivity contribution is 0.0942. The highest BCUT2D eigenvalue weighted by Gasteiger charge is 2.20. The van der Waals surface area contributed by atoms with E-state index in [1.165, 1.54) is 18.2 Å². The molecule has 0 aliphatic heterocycles. The second kappa shape index (κ2) is 10.6. The molecule has 1 heterocycles. The van der Waals surface area contributed by atoms with Gasteiger partial charge in [0.15, 0.2) is 0 Å². The number of aromatic amines is 1. The van der Waals surface area contributed by atoms with E-state index in [1.807, 2.05) is 0 Å². The summed E-state index contributed by atoms with van der Waals surface area (Å²) in [5.74, 6) is -0.594. The van der Waals surface area contributed by atoms with E-state index >= 15 is 0 Å². The Bertz CT molecular complexity index is 1510. The molecule has 0 spiro atoms. The van der Waals surface area contributed by atoms with E-state index in [0.29, 0.717) is 44.0 Å². The van der Waals surface area contributed by atoms with Crippen molar-refractivity contribution in [3.05, 3.63) is 80.3 Å². The lowest BCUT2D eigenvalue weighted by Gasteiger charge is -2.16. The molecule has 0 radical (unpaired) electrons. The number of carbonyl (C=O) groups excluding carboxylic acids is 2. The Morgan fingerprint density at radius 3 is 2.43 bits per heavy atom. The number of anilines is 3. The minimum atomic E-state index is -0.987. The number of rotatable bonds is 7. The molecule has 0 aliphatic carbocycles. The van der Waals surface area contributed by atoms with Crippen LogP contribution in [-0.2, 0) is 0 Å². The molecule has 37 heavy (non-hydrogen) atoms. The van der Waals surface area contributed by atoms with Crippen LogP contribution in [0, 0.1) is 6.92 Å². The molecule has 0 saturated carbocycles. The molecule has 0 saturated heterocycles. The van der Waals surface area contributed by atoms with Crippen molar-refractivity contribution < 1.29 is 14.7 Å². The average Bonchev–Trinajstić information content (AvgIpc) is 3.24. The maximum absolute atomic E-state index is 13.4. The first-order chi connectivity index (χ1) is 17.4. The molecule has 11 heteroatoms.